The monoisotopic (exact) mass is 152 g/mol. The second-order valence-corrected chi connectivity index (χ2v) is 2.31. The molecular formula is C11H14. The molecule has 58 valence electrons. The molecular weight excluding hydrogens is 132 g/mol. The molecule has 0 atom stereocenters. The van der Waals surface area contributed by atoms with E-state index in [1.54, 1.807) is 0 Å². The summed E-state index contributed by atoms with van der Waals surface area (Å²) in [5, 5.41) is 0. The van der Waals surface area contributed by atoms with Crippen LogP contribution in [0.1, 0.15) is 27.5 Å². The Morgan fingerprint density at radius 2 is 2.09 bits per heavy atom. The van der Waals surface area contributed by atoms with E-state index in [2.05, 4.69) is 0 Å². The lowest BCUT2D eigenvalue weighted by atomic mass is 10.1. The molecule has 0 heterocycles. The Bertz CT molecular complexity index is 369. The van der Waals surface area contributed by atoms with Crippen LogP contribution in [0.2, 0.25) is 0 Å². The predicted octanol–water partition coefficient (Wildman–Crippen LogP) is 3.20. The lowest BCUT2D eigenvalue weighted by molar-refractivity contribution is 1.21. The molecule has 0 amide bonds. The Labute approximate surface area is 77.0 Å². The van der Waals surface area contributed by atoms with Gasteiger partial charge in [0.1, 0.15) is 0 Å². The Morgan fingerprint density at radius 3 is 2.73 bits per heavy atom. The zero-order valence-electron chi connectivity index (χ0n) is 12.2. The van der Waals surface area contributed by atoms with Crippen LogP contribution in [0.3, 0.4) is 0 Å². The summed E-state index contributed by atoms with van der Waals surface area (Å²) in [6, 6.07) is 9.16. The summed E-state index contributed by atoms with van der Waals surface area (Å²) in [5.74, 6) is 0. The molecule has 0 nitrogen and oxygen atoms in total. The van der Waals surface area contributed by atoms with E-state index in [-0.39, 0.29) is 0 Å². The maximum absolute atomic E-state index is 7.22. The first-order chi connectivity index (χ1) is 7.71. The average molecular weight is 152 g/mol. The maximum Gasteiger partial charge on any atom is 0.0276 e. The van der Waals surface area contributed by atoms with E-state index in [9.17, 15) is 0 Å². The van der Waals surface area contributed by atoms with E-state index in [0.717, 1.165) is 5.56 Å². The second-order valence-electron chi connectivity index (χ2n) is 2.31. The van der Waals surface area contributed by atoms with Gasteiger partial charge in [-0.2, -0.15) is 0 Å². The summed E-state index contributed by atoms with van der Waals surface area (Å²) in [6.45, 7) is -5.14. The van der Waals surface area contributed by atoms with Crippen molar-refractivity contribution in [1.29, 1.82) is 0 Å². The molecule has 0 fully saturated rings. The minimum absolute atomic E-state index is 0.312. The first-order valence-electron chi connectivity index (χ1n) is 6.46. The van der Waals surface area contributed by atoms with Gasteiger partial charge in [0.25, 0.3) is 0 Å². The minimum Gasteiger partial charge on any atom is -0.0815 e. The fourth-order valence-corrected chi connectivity index (χ4v) is 0.834. The number of hydrogen-bond acceptors (Lipinski definition) is 0. The quantitative estimate of drug-likeness (QED) is 0.571. The van der Waals surface area contributed by atoms with Crippen LogP contribution in [0.4, 0.5) is 0 Å². The van der Waals surface area contributed by atoms with Gasteiger partial charge < -0.3 is 0 Å². The molecule has 0 aromatic heterocycles. The summed E-state index contributed by atoms with van der Waals surface area (Å²) >= 11 is 0. The first kappa shape index (κ1) is 3.14. The van der Waals surface area contributed by atoms with E-state index in [1.807, 2.05) is 30.3 Å². The highest BCUT2D eigenvalue weighted by Crippen LogP contribution is 2.01. The number of rotatable bonds is 2. The van der Waals surface area contributed by atoms with Crippen molar-refractivity contribution in [3.05, 3.63) is 47.5 Å². The third-order valence-electron chi connectivity index (χ3n) is 1.38. The third-order valence-corrected chi connectivity index (χ3v) is 1.38. The zero-order valence-corrected chi connectivity index (χ0v) is 6.17. The van der Waals surface area contributed by atoms with E-state index in [1.165, 1.54) is 6.08 Å². The largest absolute Gasteiger partial charge is 0.0815 e. The molecule has 1 rings (SSSR count). The molecule has 0 radical (unpaired) electrons. The van der Waals surface area contributed by atoms with Crippen LogP contribution >= 0.6 is 0 Å². The molecule has 0 aliphatic heterocycles. The fraction of sp³-hybridized carbons (Fsp3) is 0.273. The molecule has 0 saturated heterocycles. The molecule has 0 saturated carbocycles. The summed E-state index contributed by atoms with van der Waals surface area (Å²) in [5.41, 5.74) is 0.423. The molecule has 1 aromatic rings. The molecule has 0 heteroatoms. The van der Waals surface area contributed by atoms with Crippen molar-refractivity contribution >= 4 is 0 Å². The Hall–Kier alpha value is -1.04. The van der Waals surface area contributed by atoms with Crippen LogP contribution < -0.4 is 0 Å². The van der Waals surface area contributed by atoms with Crippen molar-refractivity contribution in [2.45, 2.75) is 20.1 Å². The Morgan fingerprint density at radius 1 is 1.36 bits per heavy atom. The van der Waals surface area contributed by atoms with Crippen LogP contribution in [0.5, 0.6) is 0 Å². The highest BCUT2D eigenvalue weighted by atomic mass is 13.9. The molecule has 11 heavy (non-hydrogen) atoms. The molecule has 0 aliphatic carbocycles. The number of hydrogen-bond donors (Lipinski definition) is 0. The number of benzene rings is 1. The Kier molecular flexibility index (Phi) is 1.13. The van der Waals surface area contributed by atoms with Gasteiger partial charge in [0.05, 0.1) is 0 Å². The van der Waals surface area contributed by atoms with Gasteiger partial charge in [-0.25, -0.2) is 0 Å². The van der Waals surface area contributed by atoms with Crippen LogP contribution in [-0.4, -0.2) is 0 Å². The van der Waals surface area contributed by atoms with Crippen molar-refractivity contribution in [2.24, 2.45) is 0 Å². The number of allylic oxidation sites excluding steroid dienone is 2. The average Bonchev–Trinajstić information content (AvgIpc) is 2.15. The molecule has 0 spiro atoms. The van der Waals surface area contributed by atoms with Crippen molar-refractivity contribution in [3.63, 3.8) is 0 Å². The lowest BCUT2D eigenvalue weighted by Gasteiger charge is -1.94. The van der Waals surface area contributed by atoms with E-state index in [4.69, 9.17) is 8.22 Å². The van der Waals surface area contributed by atoms with E-state index < -0.39 is 19.3 Å². The van der Waals surface area contributed by atoms with Crippen molar-refractivity contribution in [1.82, 2.24) is 0 Å². The summed E-state index contributed by atoms with van der Waals surface area (Å²) in [6.07, 6.45) is 1.60. The highest BCUT2D eigenvalue weighted by molar-refractivity contribution is 5.18. The standard InChI is InChI=1S/C11H14/c1-10(2)8-9-11-6-4-3-5-7-11/h3-8H,9H2,1-2H3/i1D3,2D3. The van der Waals surface area contributed by atoms with Gasteiger partial charge in [0.15, 0.2) is 0 Å². The summed E-state index contributed by atoms with van der Waals surface area (Å²) in [4.78, 5) is 0. The maximum atomic E-state index is 7.22. The van der Waals surface area contributed by atoms with Gasteiger partial charge in [0, 0.05) is 8.22 Å². The second kappa shape index (κ2) is 3.97. The Balaban J connectivity index is 2.93. The van der Waals surface area contributed by atoms with Crippen LogP contribution in [0, 0.1) is 0 Å². The van der Waals surface area contributed by atoms with Crippen LogP contribution in [0.25, 0.3) is 0 Å². The fourth-order valence-electron chi connectivity index (χ4n) is 0.834. The zero-order chi connectivity index (χ0) is 13.1. The van der Waals surface area contributed by atoms with Gasteiger partial charge in [-0.15, -0.1) is 0 Å². The van der Waals surface area contributed by atoms with Crippen LogP contribution in [0.15, 0.2) is 42.0 Å². The molecule has 0 bridgehead atoms. The van der Waals surface area contributed by atoms with E-state index >= 15 is 0 Å². The predicted molar refractivity (Wildman–Crippen MR) is 49.6 cm³/mol. The topological polar surface area (TPSA) is 0 Å². The molecule has 0 aliphatic rings. The van der Waals surface area contributed by atoms with Crippen molar-refractivity contribution in [3.8, 4) is 0 Å². The minimum atomic E-state index is -2.57. The summed E-state index contributed by atoms with van der Waals surface area (Å²) in [7, 11) is 0. The summed E-state index contributed by atoms with van der Waals surface area (Å²) < 4.78 is 43.3. The van der Waals surface area contributed by atoms with E-state index in [0.29, 0.717) is 6.42 Å². The molecule has 1 aromatic carbocycles. The van der Waals surface area contributed by atoms with Gasteiger partial charge in [-0.1, -0.05) is 42.0 Å². The SMILES string of the molecule is [2H]C([2H])([2H])C(=CCc1ccccc1)C([2H])([2H])[2H]. The normalized spacial score (nSPS) is 19.6. The van der Waals surface area contributed by atoms with Gasteiger partial charge in [0.2, 0.25) is 0 Å². The lowest BCUT2D eigenvalue weighted by Crippen LogP contribution is -1.79. The van der Waals surface area contributed by atoms with Crippen molar-refractivity contribution in [2.75, 3.05) is 0 Å². The highest BCUT2D eigenvalue weighted by Gasteiger charge is 1.85. The molecule has 0 unspecified atom stereocenters. The first-order valence-corrected chi connectivity index (χ1v) is 3.46. The van der Waals surface area contributed by atoms with Gasteiger partial charge in [-0.3, -0.25) is 0 Å². The van der Waals surface area contributed by atoms with Crippen molar-refractivity contribution < 1.29 is 8.22 Å². The third kappa shape index (κ3) is 3.03. The van der Waals surface area contributed by atoms with Gasteiger partial charge in [-0.05, 0) is 25.7 Å². The smallest absolute Gasteiger partial charge is 0.0276 e. The van der Waals surface area contributed by atoms with Gasteiger partial charge >= 0.3 is 0 Å². The van der Waals surface area contributed by atoms with Crippen LogP contribution in [-0.2, 0) is 6.42 Å². The molecule has 0 N–H and O–H groups in total.